The van der Waals surface area contributed by atoms with Crippen molar-refractivity contribution in [2.75, 3.05) is 18.4 Å². The predicted octanol–water partition coefficient (Wildman–Crippen LogP) is 3.05. The smallest absolute Gasteiger partial charge is 0.412 e. The summed E-state index contributed by atoms with van der Waals surface area (Å²) in [6.45, 7) is 9.62. The van der Waals surface area contributed by atoms with Crippen LogP contribution in [0.4, 0.5) is 10.5 Å². The molecule has 0 atom stereocenters. The normalized spacial score (nSPS) is 11.8. The van der Waals surface area contributed by atoms with Crippen LogP contribution in [0.5, 0.6) is 0 Å². The predicted molar refractivity (Wildman–Crippen MR) is 111 cm³/mol. The van der Waals surface area contributed by atoms with E-state index in [1.165, 1.54) is 0 Å². The number of H-pyrrole nitrogens is 1. The maximum Gasteiger partial charge on any atom is 0.412 e. The summed E-state index contributed by atoms with van der Waals surface area (Å²) in [5.74, 6) is 0.764. The van der Waals surface area contributed by atoms with Crippen LogP contribution in [0.15, 0.2) is 41.5 Å². The molecule has 0 fully saturated rings. The Hall–Kier alpha value is -3.03. The van der Waals surface area contributed by atoms with Gasteiger partial charge in [0.05, 0.1) is 12.2 Å². The fraction of sp³-hybridized carbons (Fsp3) is 0.450. The summed E-state index contributed by atoms with van der Waals surface area (Å²) < 4.78 is 5.25. The van der Waals surface area contributed by atoms with E-state index in [-0.39, 0.29) is 0 Å². The summed E-state index contributed by atoms with van der Waals surface area (Å²) in [5, 5.41) is 16.1. The zero-order chi connectivity index (χ0) is 20.4. The van der Waals surface area contributed by atoms with E-state index < -0.39 is 11.7 Å². The lowest BCUT2D eigenvalue weighted by Gasteiger charge is -2.19. The van der Waals surface area contributed by atoms with Crippen LogP contribution in [0, 0.1) is 0 Å². The largest absolute Gasteiger partial charge is 0.444 e. The molecule has 0 saturated heterocycles. The van der Waals surface area contributed by atoms with E-state index in [1.54, 1.807) is 6.20 Å². The van der Waals surface area contributed by atoms with Crippen LogP contribution in [0.3, 0.4) is 0 Å². The summed E-state index contributed by atoms with van der Waals surface area (Å²) in [7, 11) is 0. The summed E-state index contributed by atoms with van der Waals surface area (Å²) in [6, 6.07) is 9.62. The lowest BCUT2D eigenvalue weighted by Crippen LogP contribution is -2.38. The molecular formula is C20H30N6O2. The topological polar surface area (TPSA) is 103 Å². The highest BCUT2D eigenvalue weighted by Gasteiger charge is 2.16. The molecule has 0 aliphatic carbocycles. The molecule has 0 bridgehead atoms. The molecule has 2 rings (SSSR count). The van der Waals surface area contributed by atoms with Crippen LogP contribution in [-0.2, 0) is 17.7 Å². The Labute approximate surface area is 166 Å². The molecular weight excluding hydrogens is 356 g/mol. The van der Waals surface area contributed by atoms with Gasteiger partial charge < -0.3 is 15.4 Å². The minimum atomic E-state index is -0.515. The van der Waals surface area contributed by atoms with Gasteiger partial charge in [-0.05, 0) is 57.9 Å². The van der Waals surface area contributed by atoms with Gasteiger partial charge in [-0.3, -0.25) is 10.4 Å². The van der Waals surface area contributed by atoms with Crippen molar-refractivity contribution >= 4 is 17.7 Å². The van der Waals surface area contributed by atoms with E-state index in [1.807, 2.05) is 58.0 Å². The average molecular weight is 387 g/mol. The lowest BCUT2D eigenvalue weighted by atomic mass is 10.1. The molecule has 0 unspecified atom stereocenters. The first kappa shape index (κ1) is 21.3. The third kappa shape index (κ3) is 8.11. The molecule has 1 aromatic carbocycles. The highest BCUT2D eigenvalue weighted by Crippen LogP contribution is 2.13. The number of hydrogen-bond acceptors (Lipinski definition) is 4. The third-order valence-electron chi connectivity index (χ3n) is 3.62. The second-order valence-corrected chi connectivity index (χ2v) is 7.28. The van der Waals surface area contributed by atoms with Gasteiger partial charge in [-0.2, -0.15) is 5.10 Å². The number of amides is 1. The van der Waals surface area contributed by atoms with Gasteiger partial charge in [0.2, 0.25) is 0 Å². The van der Waals surface area contributed by atoms with Crippen molar-refractivity contribution < 1.29 is 9.53 Å². The van der Waals surface area contributed by atoms with Gasteiger partial charge in [-0.1, -0.05) is 12.1 Å². The Bertz CT molecular complexity index is 748. The van der Waals surface area contributed by atoms with Crippen molar-refractivity contribution in [3.8, 4) is 0 Å². The van der Waals surface area contributed by atoms with Crippen molar-refractivity contribution in [1.82, 2.24) is 20.8 Å². The van der Waals surface area contributed by atoms with E-state index in [0.29, 0.717) is 12.2 Å². The van der Waals surface area contributed by atoms with Crippen LogP contribution < -0.4 is 16.0 Å². The quantitative estimate of drug-likeness (QED) is 0.433. The van der Waals surface area contributed by atoms with Crippen molar-refractivity contribution in [3.05, 3.63) is 47.8 Å². The molecule has 8 heteroatoms. The highest BCUT2D eigenvalue weighted by atomic mass is 16.6. The Kier molecular flexibility index (Phi) is 7.86. The van der Waals surface area contributed by atoms with Gasteiger partial charge in [-0.15, -0.1) is 0 Å². The van der Waals surface area contributed by atoms with Crippen LogP contribution in [0.2, 0.25) is 0 Å². The molecule has 4 N–H and O–H groups in total. The molecule has 0 aliphatic heterocycles. The summed E-state index contributed by atoms with van der Waals surface area (Å²) >= 11 is 0. The maximum absolute atomic E-state index is 11.8. The number of carbonyl (C=O) groups is 1. The van der Waals surface area contributed by atoms with Crippen molar-refractivity contribution in [2.45, 2.75) is 46.3 Å². The second kappa shape index (κ2) is 10.3. The molecule has 2 aromatic rings. The van der Waals surface area contributed by atoms with Crippen molar-refractivity contribution in [1.29, 1.82) is 0 Å². The van der Waals surface area contributed by atoms with Gasteiger partial charge in [0.15, 0.2) is 5.96 Å². The fourth-order valence-electron chi connectivity index (χ4n) is 2.38. The first-order valence-corrected chi connectivity index (χ1v) is 9.45. The van der Waals surface area contributed by atoms with E-state index >= 15 is 0 Å². The Morgan fingerprint density at radius 1 is 1.18 bits per heavy atom. The number of anilines is 1. The number of nitrogens with zero attached hydrogens (tertiary/aromatic N) is 2. The van der Waals surface area contributed by atoms with Crippen LogP contribution >= 0.6 is 0 Å². The van der Waals surface area contributed by atoms with Crippen molar-refractivity contribution in [3.63, 3.8) is 0 Å². The van der Waals surface area contributed by atoms with E-state index in [4.69, 9.17) is 4.74 Å². The van der Waals surface area contributed by atoms with Gasteiger partial charge in [-0.25, -0.2) is 9.79 Å². The van der Waals surface area contributed by atoms with Crippen LogP contribution in [0.1, 0.15) is 39.0 Å². The third-order valence-corrected chi connectivity index (χ3v) is 3.62. The number of ether oxygens (including phenoxy) is 1. The minimum Gasteiger partial charge on any atom is -0.444 e. The average Bonchev–Trinajstić information content (AvgIpc) is 3.13. The number of aromatic amines is 1. The molecule has 0 radical (unpaired) electrons. The van der Waals surface area contributed by atoms with Gasteiger partial charge in [0.25, 0.3) is 0 Å². The summed E-state index contributed by atoms with van der Waals surface area (Å²) in [6.07, 6.45) is 2.10. The van der Waals surface area contributed by atoms with Crippen molar-refractivity contribution in [2.24, 2.45) is 4.99 Å². The first-order chi connectivity index (χ1) is 13.4. The summed E-state index contributed by atoms with van der Waals surface area (Å²) in [5.41, 5.74) is 2.32. The van der Waals surface area contributed by atoms with Gasteiger partial charge in [0.1, 0.15) is 5.60 Å². The maximum atomic E-state index is 11.8. The summed E-state index contributed by atoms with van der Waals surface area (Å²) in [4.78, 5) is 16.3. The zero-order valence-electron chi connectivity index (χ0n) is 17.0. The zero-order valence-corrected chi connectivity index (χ0v) is 17.0. The number of nitrogens with one attached hydrogen (secondary N) is 4. The molecule has 1 aromatic heterocycles. The number of benzene rings is 1. The highest BCUT2D eigenvalue weighted by molar-refractivity contribution is 5.84. The van der Waals surface area contributed by atoms with E-state index in [0.717, 1.165) is 36.7 Å². The number of guanidine groups is 1. The number of carbonyl (C=O) groups excluding carboxylic acids is 1. The Morgan fingerprint density at radius 3 is 2.54 bits per heavy atom. The monoisotopic (exact) mass is 386 g/mol. The lowest BCUT2D eigenvalue weighted by molar-refractivity contribution is 0.0636. The standard InChI is InChI=1S/C20H30N6O2/c1-5-21-18(23-14-17-11-13-24-26-17)22-12-10-15-6-8-16(9-7-15)25-19(27)28-20(2,3)4/h6-9,11,13H,5,10,12,14H2,1-4H3,(H,24,26)(H,25,27)(H2,21,22,23). The second-order valence-electron chi connectivity index (χ2n) is 7.28. The first-order valence-electron chi connectivity index (χ1n) is 9.45. The number of rotatable bonds is 7. The number of aromatic nitrogens is 2. The Balaban J connectivity index is 1.79. The Morgan fingerprint density at radius 2 is 1.93 bits per heavy atom. The minimum absolute atomic E-state index is 0.453. The molecule has 8 nitrogen and oxygen atoms in total. The van der Waals surface area contributed by atoms with Gasteiger partial charge in [0, 0.05) is 25.0 Å². The molecule has 0 spiro atoms. The molecule has 28 heavy (non-hydrogen) atoms. The fourth-order valence-corrected chi connectivity index (χ4v) is 2.38. The molecule has 0 aliphatic rings. The van der Waals surface area contributed by atoms with Crippen LogP contribution in [-0.4, -0.2) is 40.9 Å². The molecule has 1 amide bonds. The number of aliphatic imine (C=N–C) groups is 1. The SMILES string of the molecule is CCNC(=NCc1ccn[nH]1)NCCc1ccc(NC(=O)OC(C)(C)C)cc1. The van der Waals surface area contributed by atoms with E-state index in [2.05, 4.69) is 31.1 Å². The molecule has 152 valence electrons. The molecule has 1 heterocycles. The molecule has 0 saturated carbocycles. The van der Waals surface area contributed by atoms with Gasteiger partial charge >= 0.3 is 6.09 Å². The number of hydrogen-bond donors (Lipinski definition) is 4. The van der Waals surface area contributed by atoms with Crippen LogP contribution in [0.25, 0.3) is 0 Å². The van der Waals surface area contributed by atoms with E-state index in [9.17, 15) is 4.79 Å².